The van der Waals surface area contributed by atoms with Crippen LogP contribution in [0.25, 0.3) is 0 Å². The van der Waals surface area contributed by atoms with Crippen molar-refractivity contribution in [2.45, 2.75) is 44.3 Å². The van der Waals surface area contributed by atoms with E-state index in [2.05, 4.69) is 0 Å². The minimum Gasteiger partial charge on any atom is -0.465 e. The normalized spacial score (nSPS) is 19.6. The van der Waals surface area contributed by atoms with Crippen LogP contribution >= 0.6 is 0 Å². The van der Waals surface area contributed by atoms with Crippen LogP contribution in [0, 0.1) is 0 Å². The zero-order valence-electron chi connectivity index (χ0n) is 13.0. The molecule has 2 atom stereocenters. The fourth-order valence-electron chi connectivity index (χ4n) is 2.34. The number of carbonyl (C=O) groups is 1. The van der Waals surface area contributed by atoms with Crippen LogP contribution in [0.5, 0.6) is 5.75 Å². The summed E-state index contributed by atoms with van der Waals surface area (Å²) in [4.78, 5) is 10.7. The number of halogens is 3. The smallest absolute Gasteiger partial charge is 0.465 e. The molecule has 1 heterocycles. The predicted molar refractivity (Wildman–Crippen MR) is 79.3 cm³/mol. The number of aliphatic hydroxyl groups excluding tert-OH is 1. The third-order valence-electron chi connectivity index (χ3n) is 3.61. The first-order valence-electron chi connectivity index (χ1n) is 7.77. The molecule has 5 nitrogen and oxygen atoms in total. The summed E-state index contributed by atoms with van der Waals surface area (Å²) in [5.41, 5.74) is 0.504. The molecule has 2 N–H and O–H groups in total. The number of benzene rings is 1. The van der Waals surface area contributed by atoms with E-state index in [1.54, 1.807) is 29.6 Å². The molecule has 1 amide bonds. The number of amides is 1. The Kier molecular flexibility index (Phi) is 6.44. The minimum absolute atomic E-state index is 0.0365. The molecule has 2 unspecified atom stereocenters. The number of hydrogen-bond donors (Lipinski definition) is 2. The summed E-state index contributed by atoms with van der Waals surface area (Å²) in [5.74, 6) is -1.49. The van der Waals surface area contributed by atoms with E-state index in [0.717, 1.165) is 19.3 Å². The average Bonchev–Trinajstić information content (AvgIpc) is 2.55. The second-order valence-corrected chi connectivity index (χ2v) is 5.54. The number of alkyl halides is 3. The molecule has 0 aliphatic carbocycles. The highest BCUT2D eigenvalue weighted by Gasteiger charge is 2.38. The summed E-state index contributed by atoms with van der Waals surface area (Å²) >= 11 is 0. The van der Waals surface area contributed by atoms with Gasteiger partial charge in [0.1, 0.15) is 5.75 Å². The van der Waals surface area contributed by atoms with Crippen LogP contribution < -0.4 is 10.1 Å². The fraction of sp³-hybridized carbons (Fsp3) is 0.562. The first-order valence-corrected chi connectivity index (χ1v) is 7.77. The molecule has 2 rings (SSSR count). The van der Waals surface area contributed by atoms with Gasteiger partial charge in [0.15, 0.2) is 6.29 Å². The van der Waals surface area contributed by atoms with Crippen molar-refractivity contribution in [1.82, 2.24) is 5.32 Å². The molecule has 8 heteroatoms. The predicted octanol–water partition coefficient (Wildman–Crippen LogP) is 2.69. The molecule has 1 aliphatic rings. The van der Waals surface area contributed by atoms with E-state index >= 15 is 0 Å². The molecule has 0 aromatic heterocycles. The van der Waals surface area contributed by atoms with Gasteiger partial charge in [0.25, 0.3) is 0 Å². The lowest BCUT2D eigenvalue weighted by Gasteiger charge is -2.24. The number of carbonyl (C=O) groups excluding carboxylic acids is 1. The minimum atomic E-state index is -4.92. The van der Waals surface area contributed by atoms with Gasteiger partial charge in [0.05, 0.1) is 12.7 Å². The third kappa shape index (κ3) is 5.68. The molecule has 0 bridgehead atoms. The SMILES string of the molecule is O=C(NCCC(O)c1cccc(OC2CCCCO2)c1)C(F)(F)F. The van der Waals surface area contributed by atoms with Gasteiger partial charge in [-0.25, -0.2) is 0 Å². The molecule has 1 aliphatic heterocycles. The topological polar surface area (TPSA) is 67.8 Å². The van der Waals surface area contributed by atoms with Crippen LogP contribution in [-0.2, 0) is 9.53 Å². The summed E-state index contributed by atoms with van der Waals surface area (Å²) in [6.45, 7) is 0.363. The van der Waals surface area contributed by atoms with Gasteiger partial charge in [-0.3, -0.25) is 4.79 Å². The zero-order valence-corrected chi connectivity index (χ0v) is 13.0. The number of rotatable bonds is 6. The van der Waals surface area contributed by atoms with E-state index in [-0.39, 0.29) is 19.3 Å². The second kappa shape index (κ2) is 8.34. The Morgan fingerprint density at radius 1 is 1.42 bits per heavy atom. The molecule has 0 radical (unpaired) electrons. The summed E-state index contributed by atoms with van der Waals surface area (Å²) < 4.78 is 47.4. The van der Waals surface area contributed by atoms with Gasteiger partial charge in [-0.05, 0) is 37.0 Å². The molecule has 1 aromatic carbocycles. The highest BCUT2D eigenvalue weighted by Crippen LogP contribution is 2.24. The lowest BCUT2D eigenvalue weighted by atomic mass is 10.1. The Balaban J connectivity index is 1.84. The first kappa shape index (κ1) is 18.5. The van der Waals surface area contributed by atoms with Gasteiger partial charge in [-0.2, -0.15) is 13.2 Å². The molecule has 134 valence electrons. The van der Waals surface area contributed by atoms with Crippen molar-refractivity contribution in [3.05, 3.63) is 29.8 Å². The van der Waals surface area contributed by atoms with Crippen molar-refractivity contribution in [2.24, 2.45) is 0 Å². The van der Waals surface area contributed by atoms with Gasteiger partial charge < -0.3 is 19.9 Å². The van der Waals surface area contributed by atoms with E-state index in [4.69, 9.17) is 9.47 Å². The Labute approximate surface area is 137 Å². The van der Waals surface area contributed by atoms with Crippen LogP contribution in [0.2, 0.25) is 0 Å². The quantitative estimate of drug-likeness (QED) is 0.830. The lowest BCUT2D eigenvalue weighted by Crippen LogP contribution is -2.37. The van der Waals surface area contributed by atoms with Gasteiger partial charge in [0.2, 0.25) is 0 Å². The fourth-order valence-corrected chi connectivity index (χ4v) is 2.34. The van der Waals surface area contributed by atoms with E-state index < -0.39 is 18.2 Å². The van der Waals surface area contributed by atoms with Crippen LogP contribution in [0.3, 0.4) is 0 Å². The molecule has 1 fully saturated rings. The maximum Gasteiger partial charge on any atom is 0.471 e. The van der Waals surface area contributed by atoms with Crippen LogP contribution in [-0.4, -0.2) is 36.6 Å². The molecular weight excluding hydrogens is 327 g/mol. The van der Waals surface area contributed by atoms with Gasteiger partial charge >= 0.3 is 12.1 Å². The van der Waals surface area contributed by atoms with Crippen molar-refractivity contribution in [3.63, 3.8) is 0 Å². The molecular formula is C16H20F3NO4. The van der Waals surface area contributed by atoms with E-state index in [9.17, 15) is 23.1 Å². The number of nitrogens with one attached hydrogen (secondary N) is 1. The van der Waals surface area contributed by atoms with Crippen LogP contribution in [0.4, 0.5) is 13.2 Å². The van der Waals surface area contributed by atoms with Crippen molar-refractivity contribution in [2.75, 3.05) is 13.2 Å². The molecule has 24 heavy (non-hydrogen) atoms. The van der Waals surface area contributed by atoms with Crippen molar-refractivity contribution in [3.8, 4) is 5.75 Å². The largest absolute Gasteiger partial charge is 0.471 e. The van der Waals surface area contributed by atoms with Gasteiger partial charge in [-0.1, -0.05) is 12.1 Å². The monoisotopic (exact) mass is 347 g/mol. The van der Waals surface area contributed by atoms with Crippen molar-refractivity contribution >= 4 is 5.91 Å². The van der Waals surface area contributed by atoms with Crippen molar-refractivity contribution < 1.29 is 32.5 Å². The lowest BCUT2D eigenvalue weighted by molar-refractivity contribution is -0.173. The van der Waals surface area contributed by atoms with E-state index in [1.165, 1.54) is 0 Å². The highest BCUT2D eigenvalue weighted by atomic mass is 19.4. The molecule has 0 spiro atoms. The third-order valence-corrected chi connectivity index (χ3v) is 3.61. The number of aliphatic hydroxyl groups is 1. The average molecular weight is 347 g/mol. The molecule has 0 saturated carbocycles. The molecule has 1 saturated heterocycles. The summed E-state index contributed by atoms with van der Waals surface area (Å²) in [6, 6.07) is 6.67. The Morgan fingerprint density at radius 3 is 2.88 bits per heavy atom. The van der Waals surface area contributed by atoms with Crippen LogP contribution in [0.1, 0.15) is 37.4 Å². The summed E-state index contributed by atoms with van der Waals surface area (Å²) in [5, 5.41) is 11.8. The van der Waals surface area contributed by atoms with E-state index in [0.29, 0.717) is 17.9 Å². The standard InChI is InChI=1S/C16H20F3NO4/c17-16(18,19)15(22)20-8-7-13(21)11-4-3-5-12(10-11)24-14-6-1-2-9-23-14/h3-5,10,13-14,21H,1-2,6-9H2,(H,20,22). The number of ether oxygens (including phenoxy) is 2. The van der Waals surface area contributed by atoms with Gasteiger partial charge in [-0.15, -0.1) is 0 Å². The summed E-state index contributed by atoms with van der Waals surface area (Å²) in [6.07, 6.45) is -3.47. The summed E-state index contributed by atoms with van der Waals surface area (Å²) in [7, 11) is 0. The Morgan fingerprint density at radius 2 is 2.21 bits per heavy atom. The van der Waals surface area contributed by atoms with E-state index in [1.807, 2.05) is 0 Å². The van der Waals surface area contributed by atoms with Crippen LogP contribution in [0.15, 0.2) is 24.3 Å². The Hall–Kier alpha value is -1.80. The molecule has 1 aromatic rings. The number of hydrogen-bond acceptors (Lipinski definition) is 4. The van der Waals surface area contributed by atoms with Crippen molar-refractivity contribution in [1.29, 1.82) is 0 Å². The Bertz CT molecular complexity index is 544. The zero-order chi connectivity index (χ0) is 17.6. The maximum atomic E-state index is 12.1. The maximum absolute atomic E-state index is 12.1. The van der Waals surface area contributed by atoms with Gasteiger partial charge in [0, 0.05) is 13.0 Å². The second-order valence-electron chi connectivity index (χ2n) is 5.54. The highest BCUT2D eigenvalue weighted by molar-refractivity contribution is 5.81. The first-order chi connectivity index (χ1) is 11.4.